The third-order valence-electron chi connectivity index (χ3n) is 4.86. The van der Waals surface area contributed by atoms with Gasteiger partial charge in [-0.1, -0.05) is 23.7 Å². The van der Waals surface area contributed by atoms with E-state index in [4.69, 9.17) is 16.3 Å². The third-order valence-corrected chi connectivity index (χ3v) is 5.18. The van der Waals surface area contributed by atoms with Gasteiger partial charge in [0.1, 0.15) is 5.82 Å². The van der Waals surface area contributed by atoms with Crippen molar-refractivity contribution in [2.24, 2.45) is 5.92 Å². The molecular weight excluding hydrogens is 353 g/mol. The molecule has 1 saturated heterocycles. The van der Waals surface area contributed by atoms with E-state index in [1.165, 1.54) is 12.1 Å². The molecule has 1 fully saturated rings. The monoisotopic (exact) mass is 375 g/mol. The van der Waals surface area contributed by atoms with Crippen molar-refractivity contribution >= 4 is 17.5 Å². The summed E-state index contributed by atoms with van der Waals surface area (Å²) in [7, 11) is 0. The van der Waals surface area contributed by atoms with Crippen molar-refractivity contribution in [3.05, 3.63) is 58.9 Å². The number of ether oxygens (including phenoxy) is 1. The summed E-state index contributed by atoms with van der Waals surface area (Å²) >= 11 is 6.12. The second-order valence-corrected chi connectivity index (χ2v) is 7.01. The highest BCUT2D eigenvalue weighted by Crippen LogP contribution is 2.29. The molecule has 0 unspecified atom stereocenters. The van der Waals surface area contributed by atoms with Gasteiger partial charge >= 0.3 is 0 Å². The molecule has 1 aliphatic rings. The van der Waals surface area contributed by atoms with E-state index in [9.17, 15) is 9.18 Å². The maximum absolute atomic E-state index is 13.2. The van der Waals surface area contributed by atoms with Crippen LogP contribution < -0.4 is 0 Å². The molecule has 0 atom stereocenters. The molecule has 1 aliphatic heterocycles. The molecule has 0 radical (unpaired) electrons. The highest BCUT2D eigenvalue weighted by molar-refractivity contribution is 6.33. The van der Waals surface area contributed by atoms with Crippen molar-refractivity contribution in [2.45, 2.75) is 19.8 Å². The zero-order valence-electron chi connectivity index (χ0n) is 14.9. The van der Waals surface area contributed by atoms with Gasteiger partial charge in [0.15, 0.2) is 0 Å². The normalized spacial score (nSPS) is 15.0. The summed E-state index contributed by atoms with van der Waals surface area (Å²) in [5.41, 5.74) is 2.27. The first kappa shape index (κ1) is 18.9. The molecule has 1 heterocycles. The molecule has 1 amide bonds. The van der Waals surface area contributed by atoms with E-state index in [0.29, 0.717) is 23.0 Å². The minimum absolute atomic E-state index is 0.0377. The van der Waals surface area contributed by atoms with Crippen LogP contribution >= 0.6 is 11.6 Å². The van der Waals surface area contributed by atoms with Gasteiger partial charge in [-0.25, -0.2) is 4.39 Å². The van der Waals surface area contributed by atoms with Gasteiger partial charge in [0.2, 0.25) is 0 Å². The average Bonchev–Trinajstić information content (AvgIpc) is 2.67. The van der Waals surface area contributed by atoms with E-state index < -0.39 is 0 Å². The molecule has 3 rings (SSSR count). The topological polar surface area (TPSA) is 29.5 Å². The predicted octanol–water partition coefficient (Wildman–Crippen LogP) is 5.03. The summed E-state index contributed by atoms with van der Waals surface area (Å²) in [6, 6.07) is 11.7. The van der Waals surface area contributed by atoms with Crippen LogP contribution in [0.4, 0.5) is 4.39 Å². The van der Waals surface area contributed by atoms with E-state index in [-0.39, 0.29) is 11.7 Å². The summed E-state index contributed by atoms with van der Waals surface area (Å²) in [6.45, 7) is 5.02. The molecular formula is C21H23ClFNO2. The highest BCUT2D eigenvalue weighted by Gasteiger charge is 2.21. The molecule has 3 nitrogen and oxygen atoms in total. The van der Waals surface area contributed by atoms with Crippen LogP contribution in [0, 0.1) is 11.7 Å². The molecule has 2 aromatic rings. The Bertz CT molecular complexity index is 757. The lowest BCUT2D eigenvalue weighted by Gasteiger charge is -2.29. The van der Waals surface area contributed by atoms with Crippen LogP contribution in [0.3, 0.4) is 0 Å². The fourth-order valence-electron chi connectivity index (χ4n) is 3.29. The van der Waals surface area contributed by atoms with Crippen LogP contribution in [0.5, 0.6) is 0 Å². The molecule has 138 valence electrons. The van der Waals surface area contributed by atoms with E-state index in [2.05, 4.69) is 0 Å². The first-order valence-corrected chi connectivity index (χ1v) is 9.38. The number of carbonyl (C=O) groups excluding carboxylic acids is 1. The Labute approximate surface area is 158 Å². The fourth-order valence-corrected chi connectivity index (χ4v) is 3.57. The molecule has 2 aromatic carbocycles. The maximum Gasteiger partial charge on any atom is 0.253 e. The molecule has 0 spiro atoms. The number of hydrogen-bond donors (Lipinski definition) is 0. The van der Waals surface area contributed by atoms with Gasteiger partial charge in [-0.3, -0.25) is 4.79 Å². The number of halogens is 2. The van der Waals surface area contributed by atoms with Crippen LogP contribution in [0.2, 0.25) is 5.02 Å². The maximum atomic E-state index is 13.2. The molecule has 0 bridgehead atoms. The second kappa shape index (κ2) is 8.65. The van der Waals surface area contributed by atoms with E-state index in [1.807, 2.05) is 36.1 Å². The quantitative estimate of drug-likeness (QED) is 0.733. The van der Waals surface area contributed by atoms with Gasteiger partial charge in [0.05, 0.1) is 5.02 Å². The summed E-state index contributed by atoms with van der Waals surface area (Å²) in [5, 5.41) is 0.360. The lowest BCUT2D eigenvalue weighted by atomic mass is 9.99. The zero-order chi connectivity index (χ0) is 18.5. The van der Waals surface area contributed by atoms with Crippen molar-refractivity contribution in [1.29, 1.82) is 0 Å². The summed E-state index contributed by atoms with van der Waals surface area (Å²) < 4.78 is 18.6. The first-order chi connectivity index (χ1) is 12.6. The van der Waals surface area contributed by atoms with Gasteiger partial charge in [-0.15, -0.1) is 0 Å². The summed E-state index contributed by atoms with van der Waals surface area (Å²) in [5.74, 6) is 0.179. The Balaban J connectivity index is 1.72. The number of rotatable bonds is 5. The van der Waals surface area contributed by atoms with Gasteiger partial charge in [0, 0.05) is 37.4 Å². The van der Waals surface area contributed by atoms with Gasteiger partial charge in [-0.05, 0) is 61.6 Å². The van der Waals surface area contributed by atoms with Gasteiger partial charge < -0.3 is 9.64 Å². The second-order valence-electron chi connectivity index (χ2n) is 6.60. The largest absolute Gasteiger partial charge is 0.381 e. The lowest BCUT2D eigenvalue weighted by molar-refractivity contribution is 0.0467. The number of nitrogens with zero attached hydrogens (tertiary/aromatic N) is 1. The first-order valence-electron chi connectivity index (χ1n) is 9.01. The number of amides is 1. The molecule has 26 heavy (non-hydrogen) atoms. The SMILES string of the molecule is CCN(CC1CCOCC1)C(=O)c1ccc(-c2ccc(F)cc2Cl)cc1. The van der Waals surface area contributed by atoms with Crippen molar-refractivity contribution in [3.8, 4) is 11.1 Å². The summed E-state index contributed by atoms with van der Waals surface area (Å²) in [4.78, 5) is 14.7. The molecule has 0 N–H and O–H groups in total. The van der Waals surface area contributed by atoms with Crippen molar-refractivity contribution < 1.29 is 13.9 Å². The minimum atomic E-state index is -0.364. The van der Waals surface area contributed by atoms with Gasteiger partial charge in [0.25, 0.3) is 5.91 Å². The minimum Gasteiger partial charge on any atom is -0.381 e. The van der Waals surface area contributed by atoms with E-state index in [0.717, 1.165) is 43.7 Å². The van der Waals surface area contributed by atoms with Gasteiger partial charge in [-0.2, -0.15) is 0 Å². The standard InChI is InChI=1S/C21H23ClFNO2/c1-2-24(14-15-9-11-26-12-10-15)21(25)17-5-3-16(4-6-17)19-8-7-18(23)13-20(19)22/h3-8,13,15H,2,9-12,14H2,1H3. The Kier molecular flexibility index (Phi) is 6.28. The van der Waals surface area contributed by atoms with Crippen LogP contribution in [0.1, 0.15) is 30.1 Å². The van der Waals surface area contributed by atoms with E-state index in [1.54, 1.807) is 6.07 Å². The Morgan fingerprint density at radius 2 is 1.88 bits per heavy atom. The van der Waals surface area contributed by atoms with Crippen LogP contribution in [-0.4, -0.2) is 37.1 Å². The lowest BCUT2D eigenvalue weighted by Crippen LogP contribution is -2.37. The molecule has 0 saturated carbocycles. The average molecular weight is 376 g/mol. The fraction of sp³-hybridized carbons (Fsp3) is 0.381. The molecule has 0 aromatic heterocycles. The highest BCUT2D eigenvalue weighted by atomic mass is 35.5. The summed E-state index contributed by atoms with van der Waals surface area (Å²) in [6.07, 6.45) is 2.01. The third kappa shape index (κ3) is 4.43. The Hall–Kier alpha value is -1.91. The number of hydrogen-bond acceptors (Lipinski definition) is 2. The number of carbonyl (C=O) groups is 1. The van der Waals surface area contributed by atoms with Crippen molar-refractivity contribution in [1.82, 2.24) is 4.90 Å². The number of benzene rings is 2. The smallest absolute Gasteiger partial charge is 0.253 e. The molecule has 0 aliphatic carbocycles. The molecule has 5 heteroatoms. The van der Waals surface area contributed by atoms with E-state index >= 15 is 0 Å². The zero-order valence-corrected chi connectivity index (χ0v) is 15.6. The van der Waals surface area contributed by atoms with Crippen molar-refractivity contribution in [3.63, 3.8) is 0 Å². The predicted molar refractivity (Wildman–Crippen MR) is 102 cm³/mol. The van der Waals surface area contributed by atoms with Crippen molar-refractivity contribution in [2.75, 3.05) is 26.3 Å². The van der Waals surface area contributed by atoms with Crippen LogP contribution in [-0.2, 0) is 4.74 Å². The van der Waals surface area contributed by atoms with Crippen LogP contribution in [0.25, 0.3) is 11.1 Å². The Morgan fingerprint density at radius 1 is 1.19 bits per heavy atom. The van der Waals surface area contributed by atoms with Crippen LogP contribution in [0.15, 0.2) is 42.5 Å². The Morgan fingerprint density at radius 3 is 2.50 bits per heavy atom.